The van der Waals surface area contributed by atoms with Crippen LogP contribution in [0.5, 0.6) is 0 Å². The number of amides is 1. The third-order valence-electron chi connectivity index (χ3n) is 2.03. The third-order valence-corrected chi connectivity index (χ3v) is 3.94. The monoisotopic (exact) mass is 349 g/mol. The van der Waals surface area contributed by atoms with E-state index in [1.807, 2.05) is 0 Å². The molecule has 0 heterocycles. The lowest BCUT2D eigenvalue weighted by Crippen LogP contribution is -2.42. The van der Waals surface area contributed by atoms with Gasteiger partial charge in [0.2, 0.25) is 5.31 Å². The highest BCUT2D eigenvalue weighted by Gasteiger charge is 2.40. The Bertz CT molecular complexity index is 475. The van der Waals surface area contributed by atoms with E-state index in [-0.39, 0.29) is 0 Å². The molecule has 0 aromatic rings. The van der Waals surface area contributed by atoms with Gasteiger partial charge in [0.05, 0.1) is 0 Å². The number of rotatable bonds is 6. The van der Waals surface area contributed by atoms with Crippen LogP contribution in [-0.4, -0.2) is 43.6 Å². The van der Waals surface area contributed by atoms with Crippen molar-refractivity contribution in [3.8, 4) is 0 Å². The Morgan fingerprint density at radius 1 is 1.18 bits per heavy atom. The van der Waals surface area contributed by atoms with Crippen LogP contribution in [0.25, 0.3) is 0 Å². The van der Waals surface area contributed by atoms with Gasteiger partial charge in [0, 0.05) is 19.8 Å². The van der Waals surface area contributed by atoms with Crippen LogP contribution in [0.4, 0.5) is 13.2 Å². The summed E-state index contributed by atoms with van der Waals surface area (Å²) in [6.45, 7) is 2.83. The number of halogens is 3. The smallest absolute Gasteiger partial charge is 0.422 e. The molecule has 22 heavy (non-hydrogen) atoms. The molecule has 0 saturated heterocycles. The highest BCUT2D eigenvalue weighted by Crippen LogP contribution is 2.55. The number of nitrogens with one attached hydrogen (secondary N) is 1. The molecule has 0 aromatic heterocycles. The molecule has 130 valence electrons. The standard InChI is InChI=1S/C11H19F3NO6P/c1-10(2,3)15-8(16)7(22(18,19-4)20-5)9(17)21-6-11(12,13)14/h17H,6H2,1-5H3,(H,15,16)/b9-7-. The minimum atomic E-state index is -4.76. The molecule has 0 spiro atoms. The summed E-state index contributed by atoms with van der Waals surface area (Å²) in [7, 11) is -2.53. The first-order valence-corrected chi connectivity index (χ1v) is 7.47. The molecule has 0 rings (SSSR count). The second-order valence-electron chi connectivity index (χ2n) is 5.12. The first-order valence-electron chi connectivity index (χ1n) is 5.93. The van der Waals surface area contributed by atoms with Gasteiger partial charge in [0.1, 0.15) is 0 Å². The Morgan fingerprint density at radius 3 is 1.95 bits per heavy atom. The molecule has 0 radical (unpaired) electrons. The van der Waals surface area contributed by atoms with Crippen molar-refractivity contribution in [2.24, 2.45) is 0 Å². The van der Waals surface area contributed by atoms with E-state index in [0.29, 0.717) is 0 Å². The average molecular weight is 349 g/mol. The molecule has 0 bridgehead atoms. The van der Waals surface area contributed by atoms with Gasteiger partial charge in [-0.15, -0.1) is 0 Å². The molecule has 0 aliphatic heterocycles. The maximum Gasteiger partial charge on any atom is 0.422 e. The fourth-order valence-corrected chi connectivity index (χ4v) is 2.33. The SMILES string of the molecule is COP(=O)(OC)/C(C(=O)NC(C)(C)C)=C(/O)OCC(F)(F)F. The van der Waals surface area contributed by atoms with E-state index in [1.165, 1.54) is 0 Å². The molecule has 0 atom stereocenters. The molecule has 7 nitrogen and oxygen atoms in total. The summed E-state index contributed by atoms with van der Waals surface area (Å²) in [5.41, 5.74) is -0.820. The molecule has 0 aliphatic rings. The summed E-state index contributed by atoms with van der Waals surface area (Å²) in [5, 5.41) is 10.9. The predicted octanol–water partition coefficient (Wildman–Crippen LogP) is 2.69. The fraction of sp³-hybridized carbons (Fsp3) is 0.727. The van der Waals surface area contributed by atoms with Crippen LogP contribution in [0.15, 0.2) is 11.3 Å². The molecule has 1 amide bonds. The Labute approximate surface area is 126 Å². The molecule has 0 unspecified atom stereocenters. The number of hydrogen-bond acceptors (Lipinski definition) is 6. The first-order chi connectivity index (χ1) is 9.75. The zero-order chi connectivity index (χ0) is 17.8. The van der Waals surface area contributed by atoms with Crippen LogP contribution in [0, 0.1) is 0 Å². The van der Waals surface area contributed by atoms with Crippen LogP contribution in [0.3, 0.4) is 0 Å². The van der Waals surface area contributed by atoms with Gasteiger partial charge >= 0.3 is 13.8 Å². The van der Waals surface area contributed by atoms with Crippen molar-refractivity contribution in [2.45, 2.75) is 32.5 Å². The zero-order valence-corrected chi connectivity index (χ0v) is 13.7. The van der Waals surface area contributed by atoms with Crippen molar-refractivity contribution in [1.29, 1.82) is 0 Å². The molecule has 0 saturated carbocycles. The Morgan fingerprint density at radius 2 is 1.64 bits per heavy atom. The Kier molecular flexibility index (Phi) is 6.93. The van der Waals surface area contributed by atoms with E-state index in [0.717, 1.165) is 14.2 Å². The van der Waals surface area contributed by atoms with E-state index in [1.54, 1.807) is 20.8 Å². The van der Waals surface area contributed by atoms with Crippen LogP contribution < -0.4 is 5.32 Å². The number of aliphatic hydroxyl groups is 1. The van der Waals surface area contributed by atoms with Crippen molar-refractivity contribution in [3.05, 3.63) is 11.3 Å². The number of carbonyl (C=O) groups excluding carboxylic acids is 1. The van der Waals surface area contributed by atoms with Gasteiger partial charge in [-0.1, -0.05) is 0 Å². The number of aliphatic hydroxyl groups excluding tert-OH is 1. The van der Waals surface area contributed by atoms with Crippen molar-refractivity contribution in [2.75, 3.05) is 20.8 Å². The van der Waals surface area contributed by atoms with Crippen LogP contribution in [0.2, 0.25) is 0 Å². The van der Waals surface area contributed by atoms with E-state index in [9.17, 15) is 27.6 Å². The lowest BCUT2D eigenvalue weighted by molar-refractivity contribution is -0.173. The van der Waals surface area contributed by atoms with Gasteiger partial charge in [-0.3, -0.25) is 9.36 Å². The fourth-order valence-electron chi connectivity index (χ4n) is 1.21. The van der Waals surface area contributed by atoms with Crippen molar-refractivity contribution >= 4 is 13.5 Å². The van der Waals surface area contributed by atoms with E-state index < -0.39 is 43.1 Å². The van der Waals surface area contributed by atoms with Gasteiger partial charge in [-0.25, -0.2) is 0 Å². The number of ether oxygens (including phenoxy) is 1. The summed E-state index contributed by atoms with van der Waals surface area (Å²) in [6, 6.07) is 0. The minimum absolute atomic E-state index is 0.820. The van der Waals surface area contributed by atoms with Crippen LogP contribution in [0.1, 0.15) is 20.8 Å². The van der Waals surface area contributed by atoms with Crippen molar-refractivity contribution in [3.63, 3.8) is 0 Å². The second-order valence-corrected chi connectivity index (χ2v) is 7.30. The third kappa shape index (κ3) is 6.67. The lowest BCUT2D eigenvalue weighted by Gasteiger charge is -2.24. The van der Waals surface area contributed by atoms with E-state index in [2.05, 4.69) is 19.1 Å². The van der Waals surface area contributed by atoms with E-state index >= 15 is 0 Å². The van der Waals surface area contributed by atoms with Gasteiger partial charge in [0.25, 0.3) is 11.9 Å². The number of alkyl halides is 3. The summed E-state index contributed by atoms with van der Waals surface area (Å²) in [5.74, 6) is -2.62. The largest absolute Gasteiger partial charge is 0.480 e. The highest BCUT2D eigenvalue weighted by molar-refractivity contribution is 7.60. The maximum absolute atomic E-state index is 12.3. The summed E-state index contributed by atoms with van der Waals surface area (Å²) in [6.07, 6.45) is -4.76. The summed E-state index contributed by atoms with van der Waals surface area (Å²) >= 11 is 0. The predicted molar refractivity (Wildman–Crippen MR) is 71.2 cm³/mol. The Balaban J connectivity index is 5.70. The summed E-state index contributed by atoms with van der Waals surface area (Å²) in [4.78, 5) is 12.1. The first kappa shape index (κ1) is 20.8. The van der Waals surface area contributed by atoms with Gasteiger partial charge < -0.3 is 24.2 Å². The number of carbonyl (C=O) groups is 1. The minimum Gasteiger partial charge on any atom is -0.480 e. The topological polar surface area (TPSA) is 94.1 Å². The molecule has 2 N–H and O–H groups in total. The van der Waals surface area contributed by atoms with Crippen molar-refractivity contribution in [1.82, 2.24) is 5.32 Å². The number of hydrogen-bond donors (Lipinski definition) is 2. The molecular weight excluding hydrogens is 330 g/mol. The molecule has 0 aromatic carbocycles. The van der Waals surface area contributed by atoms with Crippen LogP contribution >= 0.6 is 7.60 Å². The van der Waals surface area contributed by atoms with Crippen molar-refractivity contribution < 1.29 is 41.4 Å². The van der Waals surface area contributed by atoms with Crippen LogP contribution in [-0.2, 0) is 23.1 Å². The normalized spacial score (nSPS) is 14.4. The van der Waals surface area contributed by atoms with E-state index in [4.69, 9.17) is 0 Å². The lowest BCUT2D eigenvalue weighted by atomic mass is 10.1. The summed E-state index contributed by atoms with van der Waals surface area (Å²) < 4.78 is 61.8. The molecule has 0 fully saturated rings. The molecule has 0 aliphatic carbocycles. The average Bonchev–Trinajstić information content (AvgIpc) is 2.33. The quantitative estimate of drug-likeness (QED) is 0.435. The second kappa shape index (κ2) is 7.34. The molecular formula is C11H19F3NO6P. The molecule has 11 heteroatoms. The zero-order valence-electron chi connectivity index (χ0n) is 12.8. The Hall–Kier alpha value is -1.25. The van der Waals surface area contributed by atoms with Gasteiger partial charge in [-0.05, 0) is 20.8 Å². The van der Waals surface area contributed by atoms with Gasteiger partial charge in [0.15, 0.2) is 6.61 Å². The van der Waals surface area contributed by atoms with Gasteiger partial charge in [-0.2, -0.15) is 13.2 Å². The highest BCUT2D eigenvalue weighted by atomic mass is 31.2. The maximum atomic E-state index is 12.3.